The average molecular weight is 410 g/mol. The van der Waals surface area contributed by atoms with Crippen molar-refractivity contribution in [2.45, 2.75) is 40.7 Å². The summed E-state index contributed by atoms with van der Waals surface area (Å²) in [5.74, 6) is 0.455. The number of likely N-dealkylation sites (N-methyl/N-ethyl adjacent to an activating group) is 1. The first-order chi connectivity index (χ1) is 14.4. The highest BCUT2D eigenvalue weighted by molar-refractivity contribution is 6.07. The van der Waals surface area contributed by atoms with Crippen LogP contribution in [0.25, 0.3) is 11.0 Å². The van der Waals surface area contributed by atoms with Crippen LogP contribution in [0.3, 0.4) is 0 Å². The molecule has 0 bridgehead atoms. The number of amides is 1. The highest BCUT2D eigenvalue weighted by atomic mass is 16.5. The molecule has 0 fully saturated rings. The number of benzene rings is 1. The van der Waals surface area contributed by atoms with Crippen molar-refractivity contribution < 1.29 is 9.53 Å². The van der Waals surface area contributed by atoms with Gasteiger partial charge >= 0.3 is 0 Å². The maximum atomic E-state index is 13.0. The molecule has 0 atom stereocenters. The number of ether oxygens (including phenoxy) is 1. The zero-order valence-electron chi connectivity index (χ0n) is 18.5. The van der Waals surface area contributed by atoms with Gasteiger partial charge in [-0.2, -0.15) is 5.10 Å². The minimum Gasteiger partial charge on any atom is -0.490 e. The van der Waals surface area contributed by atoms with E-state index in [0.717, 1.165) is 30.7 Å². The van der Waals surface area contributed by atoms with Crippen LogP contribution in [0.5, 0.6) is 5.75 Å². The number of rotatable bonds is 9. The molecule has 7 heteroatoms. The molecule has 0 saturated heterocycles. The number of hydrogen-bond acceptors (Lipinski definition) is 5. The van der Waals surface area contributed by atoms with Crippen LogP contribution in [0.1, 0.15) is 49.8 Å². The van der Waals surface area contributed by atoms with Crippen molar-refractivity contribution in [3.8, 4) is 5.75 Å². The Hall–Kier alpha value is -2.93. The number of aromatic nitrogens is 3. The number of aryl methyl sites for hydroxylation is 1. The van der Waals surface area contributed by atoms with Crippen molar-refractivity contribution in [1.29, 1.82) is 0 Å². The topological polar surface area (TPSA) is 72.3 Å². The van der Waals surface area contributed by atoms with Gasteiger partial charge in [0, 0.05) is 18.0 Å². The maximum Gasteiger partial charge on any atom is 0.257 e. The lowest BCUT2D eigenvalue weighted by Crippen LogP contribution is -2.28. The fourth-order valence-corrected chi connectivity index (χ4v) is 3.38. The van der Waals surface area contributed by atoms with E-state index in [4.69, 9.17) is 4.74 Å². The van der Waals surface area contributed by atoms with Gasteiger partial charge in [-0.15, -0.1) is 0 Å². The van der Waals surface area contributed by atoms with E-state index in [0.29, 0.717) is 29.3 Å². The standard InChI is InChI=1S/C23H31N5O2/c1-6-27(7-2)12-13-30-21-11-9-8-10-20(21)26-23(29)19-14-18-15-24-28(16(3)4)22(18)25-17(19)5/h8-11,14-16H,6-7,12-13H2,1-5H3,(H,26,29). The molecule has 0 spiro atoms. The summed E-state index contributed by atoms with van der Waals surface area (Å²) in [6.07, 6.45) is 1.75. The van der Waals surface area contributed by atoms with Gasteiger partial charge < -0.3 is 15.0 Å². The van der Waals surface area contributed by atoms with E-state index in [1.165, 1.54) is 0 Å². The predicted octanol–water partition coefficient (Wildman–Crippen LogP) is 4.29. The van der Waals surface area contributed by atoms with E-state index in [1.54, 1.807) is 6.20 Å². The van der Waals surface area contributed by atoms with Gasteiger partial charge in [-0.3, -0.25) is 4.79 Å². The summed E-state index contributed by atoms with van der Waals surface area (Å²) in [7, 11) is 0. The van der Waals surface area contributed by atoms with E-state index in [2.05, 4.69) is 48.0 Å². The zero-order valence-corrected chi connectivity index (χ0v) is 18.5. The van der Waals surface area contributed by atoms with Gasteiger partial charge in [-0.25, -0.2) is 9.67 Å². The van der Waals surface area contributed by atoms with Crippen LogP contribution >= 0.6 is 0 Å². The van der Waals surface area contributed by atoms with Gasteiger partial charge in [0.15, 0.2) is 5.65 Å². The maximum absolute atomic E-state index is 13.0. The molecule has 0 radical (unpaired) electrons. The Balaban J connectivity index is 1.77. The molecule has 3 aromatic rings. The third-order valence-corrected chi connectivity index (χ3v) is 5.19. The van der Waals surface area contributed by atoms with Crippen LogP contribution in [0, 0.1) is 6.92 Å². The minimum absolute atomic E-state index is 0.203. The van der Waals surface area contributed by atoms with Crippen LogP contribution in [-0.2, 0) is 0 Å². The Morgan fingerprint density at radius 1 is 1.23 bits per heavy atom. The van der Waals surface area contributed by atoms with Crippen molar-refractivity contribution in [1.82, 2.24) is 19.7 Å². The average Bonchev–Trinajstić information content (AvgIpc) is 3.14. The molecule has 7 nitrogen and oxygen atoms in total. The first-order valence-electron chi connectivity index (χ1n) is 10.5. The molecule has 1 aromatic carbocycles. The monoisotopic (exact) mass is 409 g/mol. The van der Waals surface area contributed by atoms with Gasteiger partial charge in [0.05, 0.1) is 23.1 Å². The lowest BCUT2D eigenvalue weighted by atomic mass is 10.1. The fourth-order valence-electron chi connectivity index (χ4n) is 3.38. The Kier molecular flexibility index (Phi) is 7.05. The number of pyridine rings is 1. The van der Waals surface area contributed by atoms with Gasteiger partial charge in [0.25, 0.3) is 5.91 Å². The Morgan fingerprint density at radius 2 is 1.97 bits per heavy atom. The molecule has 30 heavy (non-hydrogen) atoms. The molecule has 1 amide bonds. The number of para-hydroxylation sites is 2. The summed E-state index contributed by atoms with van der Waals surface area (Å²) in [6, 6.07) is 9.56. The summed E-state index contributed by atoms with van der Waals surface area (Å²) in [5.41, 5.74) is 2.64. The second-order valence-corrected chi connectivity index (χ2v) is 7.54. The number of carbonyl (C=O) groups is 1. The number of nitrogens with zero attached hydrogens (tertiary/aromatic N) is 4. The van der Waals surface area contributed by atoms with Crippen LogP contribution in [0.2, 0.25) is 0 Å². The predicted molar refractivity (Wildman–Crippen MR) is 120 cm³/mol. The Morgan fingerprint density at radius 3 is 2.67 bits per heavy atom. The summed E-state index contributed by atoms with van der Waals surface area (Å²) < 4.78 is 7.82. The molecule has 0 aliphatic heterocycles. The molecule has 0 saturated carbocycles. The smallest absolute Gasteiger partial charge is 0.257 e. The van der Waals surface area contributed by atoms with Gasteiger partial charge in [-0.1, -0.05) is 26.0 Å². The van der Waals surface area contributed by atoms with E-state index in [1.807, 2.05) is 41.9 Å². The summed E-state index contributed by atoms with van der Waals surface area (Å²) in [4.78, 5) is 19.9. The van der Waals surface area contributed by atoms with Crippen LogP contribution in [-0.4, -0.2) is 51.8 Å². The van der Waals surface area contributed by atoms with Gasteiger partial charge in [-0.05, 0) is 52.1 Å². The normalized spacial score (nSPS) is 11.4. The van der Waals surface area contributed by atoms with E-state index < -0.39 is 0 Å². The summed E-state index contributed by atoms with van der Waals surface area (Å²) in [5, 5.41) is 8.23. The number of hydrogen-bond donors (Lipinski definition) is 1. The van der Waals surface area contributed by atoms with Crippen LogP contribution < -0.4 is 10.1 Å². The van der Waals surface area contributed by atoms with Crippen molar-refractivity contribution >= 4 is 22.6 Å². The number of nitrogens with one attached hydrogen (secondary N) is 1. The van der Waals surface area contributed by atoms with Crippen molar-refractivity contribution in [3.63, 3.8) is 0 Å². The molecular weight excluding hydrogens is 378 g/mol. The third-order valence-electron chi connectivity index (χ3n) is 5.19. The molecule has 0 aliphatic rings. The van der Waals surface area contributed by atoms with E-state index in [-0.39, 0.29) is 11.9 Å². The lowest BCUT2D eigenvalue weighted by molar-refractivity contribution is 0.102. The molecule has 2 heterocycles. The zero-order chi connectivity index (χ0) is 21.7. The van der Waals surface area contributed by atoms with Gasteiger partial charge in [0.2, 0.25) is 0 Å². The molecule has 3 rings (SSSR count). The first-order valence-corrected chi connectivity index (χ1v) is 10.5. The molecule has 0 unspecified atom stereocenters. The molecule has 2 aromatic heterocycles. The Labute approximate surface area is 178 Å². The second kappa shape index (κ2) is 9.71. The second-order valence-electron chi connectivity index (χ2n) is 7.54. The van der Waals surface area contributed by atoms with Crippen molar-refractivity contribution in [3.05, 3.63) is 47.8 Å². The van der Waals surface area contributed by atoms with Crippen molar-refractivity contribution in [2.75, 3.05) is 31.6 Å². The van der Waals surface area contributed by atoms with Crippen LogP contribution in [0.4, 0.5) is 5.69 Å². The molecule has 1 N–H and O–H groups in total. The van der Waals surface area contributed by atoms with Gasteiger partial charge in [0.1, 0.15) is 12.4 Å². The molecule has 0 aliphatic carbocycles. The SMILES string of the molecule is CCN(CC)CCOc1ccccc1NC(=O)c1cc2cnn(C(C)C)c2nc1C. The fraction of sp³-hybridized carbons (Fsp3) is 0.435. The van der Waals surface area contributed by atoms with E-state index >= 15 is 0 Å². The highest BCUT2D eigenvalue weighted by Crippen LogP contribution is 2.26. The largest absolute Gasteiger partial charge is 0.490 e. The minimum atomic E-state index is -0.209. The van der Waals surface area contributed by atoms with Crippen LogP contribution in [0.15, 0.2) is 36.5 Å². The lowest BCUT2D eigenvalue weighted by Gasteiger charge is -2.19. The number of fused-ring (bicyclic) bond motifs is 1. The molecular formula is C23H31N5O2. The Bertz CT molecular complexity index is 1010. The number of carbonyl (C=O) groups excluding carboxylic acids is 1. The van der Waals surface area contributed by atoms with E-state index in [9.17, 15) is 4.79 Å². The summed E-state index contributed by atoms with van der Waals surface area (Å²) >= 11 is 0. The molecule has 160 valence electrons. The third kappa shape index (κ3) is 4.79. The van der Waals surface area contributed by atoms with Crippen molar-refractivity contribution in [2.24, 2.45) is 0 Å². The highest BCUT2D eigenvalue weighted by Gasteiger charge is 2.17. The summed E-state index contributed by atoms with van der Waals surface area (Å²) in [6.45, 7) is 13.6. The number of anilines is 1. The first kappa shape index (κ1) is 21.8. The quantitative estimate of drug-likeness (QED) is 0.571.